The molecule has 1 amide bonds. The van der Waals surface area contributed by atoms with E-state index in [2.05, 4.69) is 5.32 Å². The number of carbonyl (C=O) groups is 1. The molecule has 6 nitrogen and oxygen atoms in total. The van der Waals surface area contributed by atoms with Gasteiger partial charge in [-0.3, -0.25) is 4.79 Å². The highest BCUT2D eigenvalue weighted by atomic mass is 16.5. The second-order valence-corrected chi connectivity index (χ2v) is 5.73. The lowest BCUT2D eigenvalue weighted by Gasteiger charge is -2.24. The second kappa shape index (κ2) is 8.50. The van der Waals surface area contributed by atoms with E-state index in [0.29, 0.717) is 30.4 Å². The number of nitrogens with two attached hydrogens (primary N) is 1. The molecule has 0 bridgehead atoms. The zero-order valence-electron chi connectivity index (χ0n) is 14.7. The molecule has 0 fully saturated rings. The van der Waals surface area contributed by atoms with Gasteiger partial charge in [0.15, 0.2) is 11.5 Å². The summed E-state index contributed by atoms with van der Waals surface area (Å²) in [5, 5.41) is 2.83. The minimum Gasteiger partial charge on any atom is -0.493 e. The molecule has 1 atom stereocenters. The minimum atomic E-state index is -1.15. The van der Waals surface area contributed by atoms with Gasteiger partial charge in [-0.2, -0.15) is 0 Å². The summed E-state index contributed by atoms with van der Waals surface area (Å²) in [5.41, 5.74) is 6.39. The van der Waals surface area contributed by atoms with Gasteiger partial charge in [-0.1, -0.05) is 30.3 Å². The molecule has 0 aromatic heterocycles. The standard InChI is InChI=1S/C19H24N2O4/c1-19(20,14-7-5-4-6-8-14)18(22)21-15-9-10-16(24-3)17(13-15)25-12-11-23-2/h4-10,13H,11-12,20H2,1-3H3,(H,21,22). The molecular weight excluding hydrogens is 320 g/mol. The molecular formula is C19H24N2O4. The van der Waals surface area contributed by atoms with Gasteiger partial charge >= 0.3 is 0 Å². The quantitative estimate of drug-likeness (QED) is 0.719. The summed E-state index contributed by atoms with van der Waals surface area (Å²) < 4.78 is 15.9. The number of rotatable bonds is 8. The number of ether oxygens (including phenoxy) is 3. The van der Waals surface area contributed by atoms with Gasteiger partial charge in [-0.05, 0) is 24.6 Å². The highest BCUT2D eigenvalue weighted by Crippen LogP contribution is 2.31. The molecule has 3 N–H and O–H groups in total. The summed E-state index contributed by atoms with van der Waals surface area (Å²) in [5.74, 6) is 0.787. The van der Waals surface area contributed by atoms with Crippen molar-refractivity contribution >= 4 is 11.6 Å². The SMILES string of the molecule is COCCOc1cc(NC(=O)C(C)(N)c2ccccc2)ccc1OC. The van der Waals surface area contributed by atoms with Crippen molar-refractivity contribution in [3.63, 3.8) is 0 Å². The number of hydrogen-bond donors (Lipinski definition) is 2. The summed E-state index contributed by atoms with van der Waals surface area (Å²) in [7, 11) is 3.16. The number of carbonyl (C=O) groups excluding carboxylic acids is 1. The van der Waals surface area contributed by atoms with Gasteiger partial charge in [-0.15, -0.1) is 0 Å². The molecule has 1 unspecified atom stereocenters. The number of nitrogens with one attached hydrogen (secondary N) is 1. The number of anilines is 1. The maximum atomic E-state index is 12.6. The number of hydrogen-bond acceptors (Lipinski definition) is 5. The van der Waals surface area contributed by atoms with Gasteiger partial charge < -0.3 is 25.3 Å². The first kappa shape index (κ1) is 18.8. The van der Waals surface area contributed by atoms with E-state index in [0.717, 1.165) is 5.56 Å². The Morgan fingerprint density at radius 1 is 1.08 bits per heavy atom. The van der Waals surface area contributed by atoms with E-state index in [1.807, 2.05) is 30.3 Å². The molecule has 2 rings (SSSR count). The van der Waals surface area contributed by atoms with Crippen LogP contribution in [0.25, 0.3) is 0 Å². The maximum Gasteiger partial charge on any atom is 0.248 e. The number of benzene rings is 2. The lowest BCUT2D eigenvalue weighted by Crippen LogP contribution is -2.45. The van der Waals surface area contributed by atoms with E-state index < -0.39 is 5.54 Å². The predicted octanol–water partition coefficient (Wildman–Crippen LogP) is 2.53. The first-order valence-electron chi connectivity index (χ1n) is 7.94. The molecule has 0 aliphatic heterocycles. The first-order valence-corrected chi connectivity index (χ1v) is 7.94. The second-order valence-electron chi connectivity index (χ2n) is 5.73. The summed E-state index contributed by atoms with van der Waals surface area (Å²) >= 11 is 0. The smallest absolute Gasteiger partial charge is 0.248 e. The van der Waals surface area contributed by atoms with E-state index in [4.69, 9.17) is 19.9 Å². The van der Waals surface area contributed by atoms with Crippen molar-refractivity contribution in [3.8, 4) is 11.5 Å². The van der Waals surface area contributed by atoms with E-state index in [1.54, 1.807) is 39.3 Å². The van der Waals surface area contributed by atoms with Crippen molar-refractivity contribution in [1.82, 2.24) is 0 Å². The third-order valence-corrected chi connectivity index (χ3v) is 3.81. The fourth-order valence-electron chi connectivity index (χ4n) is 2.28. The lowest BCUT2D eigenvalue weighted by molar-refractivity contribution is -0.120. The summed E-state index contributed by atoms with van der Waals surface area (Å²) in [4.78, 5) is 12.6. The molecule has 0 aliphatic rings. The Morgan fingerprint density at radius 2 is 1.80 bits per heavy atom. The fourth-order valence-corrected chi connectivity index (χ4v) is 2.28. The van der Waals surface area contributed by atoms with E-state index in [9.17, 15) is 4.79 Å². The van der Waals surface area contributed by atoms with Gasteiger partial charge in [0, 0.05) is 18.9 Å². The normalized spacial score (nSPS) is 13.0. The van der Waals surface area contributed by atoms with E-state index >= 15 is 0 Å². The van der Waals surface area contributed by atoms with Crippen LogP contribution in [0.3, 0.4) is 0 Å². The van der Waals surface area contributed by atoms with Crippen molar-refractivity contribution in [1.29, 1.82) is 0 Å². The monoisotopic (exact) mass is 344 g/mol. The van der Waals surface area contributed by atoms with Crippen molar-refractivity contribution in [2.75, 3.05) is 32.8 Å². The Labute approximate surface area is 147 Å². The lowest BCUT2D eigenvalue weighted by atomic mass is 9.92. The van der Waals surface area contributed by atoms with Crippen molar-refractivity contribution in [3.05, 3.63) is 54.1 Å². The Kier molecular flexibility index (Phi) is 6.38. The highest BCUT2D eigenvalue weighted by Gasteiger charge is 2.30. The van der Waals surface area contributed by atoms with Crippen LogP contribution in [0.15, 0.2) is 48.5 Å². The van der Waals surface area contributed by atoms with Gasteiger partial charge in [0.25, 0.3) is 0 Å². The third-order valence-electron chi connectivity index (χ3n) is 3.81. The molecule has 0 saturated heterocycles. The van der Waals surface area contributed by atoms with Gasteiger partial charge in [0.2, 0.25) is 5.91 Å². The summed E-state index contributed by atoms with van der Waals surface area (Å²) in [6.07, 6.45) is 0. The van der Waals surface area contributed by atoms with Crippen LogP contribution in [0, 0.1) is 0 Å². The van der Waals surface area contributed by atoms with E-state index in [-0.39, 0.29) is 5.91 Å². The molecule has 0 heterocycles. The molecule has 0 radical (unpaired) electrons. The zero-order chi connectivity index (χ0) is 18.3. The van der Waals surface area contributed by atoms with Gasteiger partial charge in [0.1, 0.15) is 12.1 Å². The average molecular weight is 344 g/mol. The Hall–Kier alpha value is -2.57. The van der Waals surface area contributed by atoms with Crippen LogP contribution in [0.1, 0.15) is 12.5 Å². The van der Waals surface area contributed by atoms with Crippen LogP contribution < -0.4 is 20.5 Å². The van der Waals surface area contributed by atoms with Crippen molar-refractivity contribution in [2.45, 2.75) is 12.5 Å². The molecule has 2 aromatic carbocycles. The van der Waals surface area contributed by atoms with Crippen LogP contribution in [0.4, 0.5) is 5.69 Å². The Bertz CT molecular complexity index is 702. The first-order chi connectivity index (χ1) is 12.0. The van der Waals surface area contributed by atoms with Crippen LogP contribution in [0.5, 0.6) is 11.5 Å². The average Bonchev–Trinajstić information content (AvgIpc) is 2.63. The molecule has 25 heavy (non-hydrogen) atoms. The van der Waals surface area contributed by atoms with Crippen molar-refractivity contribution < 1.29 is 19.0 Å². The van der Waals surface area contributed by atoms with Crippen LogP contribution in [-0.2, 0) is 15.1 Å². The molecule has 2 aromatic rings. The largest absolute Gasteiger partial charge is 0.493 e. The summed E-state index contributed by atoms with van der Waals surface area (Å²) in [6.45, 7) is 2.51. The predicted molar refractivity (Wildman–Crippen MR) is 97.0 cm³/mol. The summed E-state index contributed by atoms with van der Waals surface area (Å²) in [6, 6.07) is 14.4. The van der Waals surface area contributed by atoms with Gasteiger partial charge in [0.05, 0.1) is 13.7 Å². The molecule has 6 heteroatoms. The highest BCUT2D eigenvalue weighted by molar-refractivity contribution is 5.98. The number of amides is 1. The van der Waals surface area contributed by atoms with Crippen LogP contribution >= 0.6 is 0 Å². The molecule has 0 aliphatic carbocycles. The zero-order valence-corrected chi connectivity index (χ0v) is 14.7. The third kappa shape index (κ3) is 4.71. The Morgan fingerprint density at radius 3 is 2.44 bits per heavy atom. The van der Waals surface area contributed by atoms with E-state index in [1.165, 1.54) is 0 Å². The number of methoxy groups -OCH3 is 2. The van der Waals surface area contributed by atoms with Crippen molar-refractivity contribution in [2.24, 2.45) is 5.73 Å². The Balaban J connectivity index is 2.16. The fraction of sp³-hybridized carbons (Fsp3) is 0.316. The molecule has 0 spiro atoms. The van der Waals surface area contributed by atoms with Crippen LogP contribution in [0.2, 0.25) is 0 Å². The minimum absolute atomic E-state index is 0.313. The molecule has 0 saturated carbocycles. The molecule has 134 valence electrons. The van der Waals surface area contributed by atoms with Crippen LogP contribution in [-0.4, -0.2) is 33.3 Å². The van der Waals surface area contributed by atoms with Gasteiger partial charge in [-0.25, -0.2) is 0 Å². The maximum absolute atomic E-state index is 12.6. The topological polar surface area (TPSA) is 82.8 Å².